The summed E-state index contributed by atoms with van der Waals surface area (Å²) in [6, 6.07) is 5.91. The Bertz CT molecular complexity index is 447. The van der Waals surface area contributed by atoms with Crippen molar-refractivity contribution in [1.82, 2.24) is 0 Å². The quantitative estimate of drug-likeness (QED) is 0.909. The number of para-hydroxylation sites is 1. The van der Waals surface area contributed by atoms with Crippen molar-refractivity contribution in [3.05, 3.63) is 29.6 Å². The van der Waals surface area contributed by atoms with Gasteiger partial charge in [0.2, 0.25) is 0 Å². The van der Waals surface area contributed by atoms with Crippen molar-refractivity contribution in [1.29, 1.82) is 0 Å². The van der Waals surface area contributed by atoms with Crippen molar-refractivity contribution in [3.8, 4) is 0 Å². The van der Waals surface area contributed by atoms with E-state index < -0.39 is 0 Å². The number of hydrogen-bond donors (Lipinski definition) is 1. The van der Waals surface area contributed by atoms with Crippen LogP contribution in [0, 0.1) is 11.7 Å². The third kappa shape index (κ3) is 3.32. The average Bonchev–Trinajstić information content (AvgIpc) is 2.42. The molecule has 112 valence electrons. The van der Waals surface area contributed by atoms with Gasteiger partial charge in [0.25, 0.3) is 0 Å². The summed E-state index contributed by atoms with van der Waals surface area (Å²) in [5.41, 5.74) is 7.92. The summed E-state index contributed by atoms with van der Waals surface area (Å²) in [7, 11) is 0. The summed E-state index contributed by atoms with van der Waals surface area (Å²) in [6.07, 6.45) is 4.04. The van der Waals surface area contributed by atoms with Gasteiger partial charge in [-0.05, 0) is 50.2 Å². The molecule has 20 heavy (non-hydrogen) atoms. The van der Waals surface area contributed by atoms with E-state index in [-0.39, 0.29) is 11.9 Å². The summed E-state index contributed by atoms with van der Waals surface area (Å²) in [5, 5.41) is 0. The zero-order valence-corrected chi connectivity index (χ0v) is 12.9. The van der Waals surface area contributed by atoms with Crippen LogP contribution in [-0.4, -0.2) is 18.6 Å². The SMILES string of the molecule is CCC(N)Cc1cccc(F)c1N1CC(C)CCC1C. The molecule has 1 saturated heterocycles. The highest BCUT2D eigenvalue weighted by atomic mass is 19.1. The molecule has 1 aliphatic rings. The highest BCUT2D eigenvalue weighted by Crippen LogP contribution is 2.32. The van der Waals surface area contributed by atoms with Crippen LogP contribution in [0.25, 0.3) is 0 Å². The molecule has 3 heteroatoms. The van der Waals surface area contributed by atoms with Gasteiger partial charge in [-0.25, -0.2) is 4.39 Å². The first-order chi connectivity index (χ1) is 9.52. The van der Waals surface area contributed by atoms with Crippen LogP contribution in [-0.2, 0) is 6.42 Å². The zero-order valence-electron chi connectivity index (χ0n) is 12.9. The van der Waals surface area contributed by atoms with Gasteiger partial charge in [0.1, 0.15) is 5.82 Å². The molecule has 2 nitrogen and oxygen atoms in total. The van der Waals surface area contributed by atoms with Crippen molar-refractivity contribution in [2.45, 2.75) is 58.5 Å². The zero-order chi connectivity index (χ0) is 14.7. The van der Waals surface area contributed by atoms with Crippen molar-refractivity contribution >= 4 is 5.69 Å². The molecule has 2 N–H and O–H groups in total. The van der Waals surface area contributed by atoms with Crippen LogP contribution in [0.3, 0.4) is 0 Å². The molecule has 1 heterocycles. The number of rotatable bonds is 4. The Morgan fingerprint density at radius 3 is 2.80 bits per heavy atom. The van der Waals surface area contributed by atoms with Gasteiger partial charge in [0, 0.05) is 18.6 Å². The highest BCUT2D eigenvalue weighted by molar-refractivity contribution is 5.56. The Morgan fingerprint density at radius 1 is 1.35 bits per heavy atom. The minimum absolute atomic E-state index is 0.105. The van der Waals surface area contributed by atoms with E-state index in [1.807, 2.05) is 6.07 Å². The molecule has 2 rings (SSSR count). The van der Waals surface area contributed by atoms with E-state index >= 15 is 0 Å². The van der Waals surface area contributed by atoms with Crippen LogP contribution in [0.4, 0.5) is 10.1 Å². The van der Waals surface area contributed by atoms with Gasteiger partial charge in [-0.15, -0.1) is 0 Å². The third-order valence-corrected chi connectivity index (χ3v) is 4.48. The van der Waals surface area contributed by atoms with Crippen LogP contribution < -0.4 is 10.6 Å². The fourth-order valence-corrected chi connectivity index (χ4v) is 3.07. The van der Waals surface area contributed by atoms with Crippen LogP contribution in [0.5, 0.6) is 0 Å². The van der Waals surface area contributed by atoms with Gasteiger partial charge >= 0.3 is 0 Å². The monoisotopic (exact) mass is 278 g/mol. The number of nitrogens with two attached hydrogens (primary N) is 1. The topological polar surface area (TPSA) is 29.3 Å². The molecule has 0 amide bonds. The predicted octanol–water partition coefficient (Wildman–Crippen LogP) is 3.73. The van der Waals surface area contributed by atoms with Gasteiger partial charge in [-0.1, -0.05) is 26.0 Å². The summed E-state index contributed by atoms with van der Waals surface area (Å²) >= 11 is 0. The molecule has 0 aliphatic carbocycles. The summed E-state index contributed by atoms with van der Waals surface area (Å²) < 4.78 is 14.4. The second-order valence-electron chi connectivity index (χ2n) is 6.30. The fraction of sp³-hybridized carbons (Fsp3) is 0.647. The van der Waals surface area contributed by atoms with E-state index in [0.29, 0.717) is 12.0 Å². The Morgan fingerprint density at radius 2 is 2.10 bits per heavy atom. The Labute approximate surface area is 122 Å². The summed E-state index contributed by atoms with van der Waals surface area (Å²) in [5.74, 6) is 0.519. The molecule has 0 saturated carbocycles. The molecule has 1 fully saturated rings. The highest BCUT2D eigenvalue weighted by Gasteiger charge is 2.27. The normalized spacial score (nSPS) is 24.8. The fourth-order valence-electron chi connectivity index (χ4n) is 3.07. The first kappa shape index (κ1) is 15.3. The van der Waals surface area contributed by atoms with Crippen molar-refractivity contribution in [2.24, 2.45) is 11.7 Å². The average molecular weight is 278 g/mol. The van der Waals surface area contributed by atoms with Crippen LogP contribution >= 0.6 is 0 Å². The molecular weight excluding hydrogens is 251 g/mol. The third-order valence-electron chi connectivity index (χ3n) is 4.48. The minimum Gasteiger partial charge on any atom is -0.366 e. The number of piperidine rings is 1. The smallest absolute Gasteiger partial charge is 0.146 e. The van der Waals surface area contributed by atoms with Crippen molar-refractivity contribution in [3.63, 3.8) is 0 Å². The first-order valence-corrected chi connectivity index (χ1v) is 7.82. The standard InChI is InChI=1S/C17H27FN2/c1-4-15(19)10-14-6-5-7-16(18)17(14)20-11-12(2)8-9-13(20)3/h5-7,12-13,15H,4,8-11,19H2,1-3H3. The van der Waals surface area contributed by atoms with Gasteiger partial charge in [0.15, 0.2) is 0 Å². The lowest BCUT2D eigenvalue weighted by Crippen LogP contribution is -2.42. The molecule has 0 radical (unpaired) electrons. The molecule has 0 bridgehead atoms. The van der Waals surface area contributed by atoms with E-state index in [0.717, 1.165) is 37.1 Å². The first-order valence-electron chi connectivity index (χ1n) is 7.82. The van der Waals surface area contributed by atoms with Crippen LogP contribution in [0.1, 0.15) is 45.6 Å². The number of benzene rings is 1. The van der Waals surface area contributed by atoms with E-state index in [4.69, 9.17) is 5.73 Å². The summed E-state index contributed by atoms with van der Waals surface area (Å²) in [4.78, 5) is 2.25. The van der Waals surface area contributed by atoms with Gasteiger partial charge < -0.3 is 10.6 Å². The maximum absolute atomic E-state index is 14.4. The number of halogens is 1. The van der Waals surface area contributed by atoms with Crippen molar-refractivity contribution in [2.75, 3.05) is 11.4 Å². The number of hydrogen-bond acceptors (Lipinski definition) is 2. The lowest BCUT2D eigenvalue weighted by atomic mass is 9.92. The summed E-state index contributed by atoms with van der Waals surface area (Å²) in [6.45, 7) is 7.46. The maximum atomic E-state index is 14.4. The second kappa shape index (κ2) is 6.57. The molecule has 3 unspecified atom stereocenters. The Kier molecular flexibility index (Phi) is 5.03. The molecule has 1 aromatic carbocycles. The van der Waals surface area contributed by atoms with Gasteiger partial charge in [0.05, 0.1) is 5.69 Å². The number of anilines is 1. The van der Waals surface area contributed by atoms with Crippen molar-refractivity contribution < 1.29 is 4.39 Å². The van der Waals surface area contributed by atoms with Crippen LogP contribution in [0.15, 0.2) is 18.2 Å². The Hall–Kier alpha value is -1.09. The van der Waals surface area contributed by atoms with E-state index in [1.54, 1.807) is 12.1 Å². The second-order valence-corrected chi connectivity index (χ2v) is 6.30. The Balaban J connectivity index is 2.33. The molecular formula is C17H27FN2. The largest absolute Gasteiger partial charge is 0.366 e. The maximum Gasteiger partial charge on any atom is 0.146 e. The van der Waals surface area contributed by atoms with Gasteiger partial charge in [-0.3, -0.25) is 0 Å². The number of nitrogens with zero attached hydrogens (tertiary/aromatic N) is 1. The molecule has 3 atom stereocenters. The molecule has 0 spiro atoms. The molecule has 1 aliphatic heterocycles. The predicted molar refractivity (Wildman–Crippen MR) is 83.6 cm³/mol. The lowest BCUT2D eigenvalue weighted by molar-refractivity contribution is 0.385. The van der Waals surface area contributed by atoms with Crippen LogP contribution in [0.2, 0.25) is 0 Å². The van der Waals surface area contributed by atoms with E-state index in [1.165, 1.54) is 6.42 Å². The van der Waals surface area contributed by atoms with E-state index in [2.05, 4.69) is 25.7 Å². The lowest BCUT2D eigenvalue weighted by Gasteiger charge is -2.40. The molecule has 0 aromatic heterocycles. The molecule has 1 aromatic rings. The van der Waals surface area contributed by atoms with Gasteiger partial charge in [-0.2, -0.15) is 0 Å². The minimum atomic E-state index is -0.105. The van der Waals surface area contributed by atoms with E-state index in [9.17, 15) is 4.39 Å².